The minimum atomic E-state index is -0.659. The van der Waals surface area contributed by atoms with Gasteiger partial charge in [-0.25, -0.2) is 4.98 Å². The number of hydrogen-bond donors (Lipinski definition) is 1. The molecule has 2 atom stereocenters. The van der Waals surface area contributed by atoms with E-state index < -0.39 is 6.10 Å². The lowest BCUT2D eigenvalue weighted by molar-refractivity contribution is -0.133. The predicted molar refractivity (Wildman–Crippen MR) is 89.0 cm³/mol. The van der Waals surface area contributed by atoms with Gasteiger partial charge in [0, 0.05) is 11.3 Å². The summed E-state index contributed by atoms with van der Waals surface area (Å²) in [7, 11) is 0. The topological polar surface area (TPSA) is 60.5 Å². The van der Waals surface area contributed by atoms with Gasteiger partial charge >= 0.3 is 0 Å². The normalized spacial score (nSPS) is 19.7. The molecule has 5 nitrogen and oxygen atoms in total. The smallest absolute Gasteiger partial charge is 0.265 e. The van der Waals surface area contributed by atoms with E-state index in [2.05, 4.69) is 24.1 Å². The maximum Gasteiger partial charge on any atom is 0.265 e. The van der Waals surface area contributed by atoms with Gasteiger partial charge in [0.15, 0.2) is 11.5 Å². The molecule has 122 valence electrons. The van der Waals surface area contributed by atoms with Gasteiger partial charge in [0.1, 0.15) is 6.10 Å². The third-order valence-electron chi connectivity index (χ3n) is 3.61. The lowest BCUT2D eigenvalue weighted by Gasteiger charge is -2.30. The van der Waals surface area contributed by atoms with Crippen LogP contribution in [0.5, 0.6) is 11.5 Å². The van der Waals surface area contributed by atoms with Crippen LogP contribution < -0.4 is 14.8 Å². The molecule has 1 aliphatic heterocycles. The summed E-state index contributed by atoms with van der Waals surface area (Å²) in [5.41, 5.74) is 0.872. The van der Waals surface area contributed by atoms with Gasteiger partial charge in [0.25, 0.3) is 5.91 Å². The van der Waals surface area contributed by atoms with Gasteiger partial charge in [-0.05, 0) is 19.1 Å². The Morgan fingerprint density at radius 1 is 1.30 bits per heavy atom. The van der Waals surface area contributed by atoms with E-state index in [1.807, 2.05) is 30.5 Å². The Morgan fingerprint density at radius 3 is 2.65 bits per heavy atom. The zero-order valence-corrected chi connectivity index (χ0v) is 14.2. The van der Waals surface area contributed by atoms with Crippen LogP contribution in [0.1, 0.15) is 37.4 Å². The SMILES string of the molecule is CC(C)c1nc(CNC(=O)[C@@H]2Oc3ccccc3O[C@H]2C)cs1. The minimum Gasteiger partial charge on any atom is -0.482 e. The maximum absolute atomic E-state index is 12.4. The van der Waals surface area contributed by atoms with Gasteiger partial charge in [-0.2, -0.15) is 0 Å². The number of fused-ring (bicyclic) bond motifs is 1. The molecule has 2 heterocycles. The molecule has 6 heteroatoms. The maximum atomic E-state index is 12.4. The number of carbonyl (C=O) groups excluding carboxylic acids is 1. The molecule has 0 aliphatic carbocycles. The molecule has 1 aliphatic rings. The van der Waals surface area contributed by atoms with E-state index in [1.165, 1.54) is 0 Å². The number of nitrogens with one attached hydrogen (secondary N) is 1. The number of benzene rings is 1. The van der Waals surface area contributed by atoms with E-state index in [4.69, 9.17) is 9.47 Å². The van der Waals surface area contributed by atoms with Crippen LogP contribution >= 0.6 is 11.3 Å². The highest BCUT2D eigenvalue weighted by atomic mass is 32.1. The van der Waals surface area contributed by atoms with Crippen LogP contribution in [0.25, 0.3) is 0 Å². The molecular formula is C17H20N2O3S. The molecule has 1 aromatic heterocycles. The van der Waals surface area contributed by atoms with Crippen molar-refractivity contribution >= 4 is 17.2 Å². The first kappa shape index (κ1) is 15.8. The van der Waals surface area contributed by atoms with Gasteiger partial charge in [0.2, 0.25) is 6.10 Å². The van der Waals surface area contributed by atoms with Gasteiger partial charge in [-0.3, -0.25) is 4.79 Å². The number of amides is 1. The van der Waals surface area contributed by atoms with Crippen molar-refractivity contribution in [1.82, 2.24) is 10.3 Å². The molecule has 0 saturated heterocycles. The first-order valence-electron chi connectivity index (χ1n) is 7.69. The van der Waals surface area contributed by atoms with Crippen molar-refractivity contribution in [3.63, 3.8) is 0 Å². The summed E-state index contributed by atoms with van der Waals surface area (Å²) in [6.45, 7) is 6.44. The Bertz CT molecular complexity index is 699. The highest BCUT2D eigenvalue weighted by Gasteiger charge is 2.33. The Hall–Kier alpha value is -2.08. The highest BCUT2D eigenvalue weighted by molar-refractivity contribution is 7.09. The molecule has 1 amide bonds. The Morgan fingerprint density at radius 2 is 2.00 bits per heavy atom. The third kappa shape index (κ3) is 3.47. The van der Waals surface area contributed by atoms with Crippen molar-refractivity contribution < 1.29 is 14.3 Å². The van der Waals surface area contributed by atoms with E-state index in [9.17, 15) is 4.79 Å². The van der Waals surface area contributed by atoms with Gasteiger partial charge in [-0.15, -0.1) is 11.3 Å². The van der Waals surface area contributed by atoms with Gasteiger partial charge < -0.3 is 14.8 Å². The fourth-order valence-corrected chi connectivity index (χ4v) is 3.19. The zero-order chi connectivity index (χ0) is 16.4. The molecule has 1 aromatic carbocycles. The predicted octanol–water partition coefficient (Wildman–Crippen LogP) is 3.11. The standard InChI is InChI=1S/C17H20N2O3S/c1-10(2)17-19-12(9-23-17)8-18-16(20)15-11(3)21-13-6-4-5-7-14(13)22-15/h4-7,9-11,15H,8H2,1-3H3,(H,18,20)/t11-,15+/m0/s1. The first-order chi connectivity index (χ1) is 11.0. The van der Waals surface area contributed by atoms with Crippen molar-refractivity contribution in [1.29, 1.82) is 0 Å². The molecule has 23 heavy (non-hydrogen) atoms. The third-order valence-corrected chi connectivity index (χ3v) is 4.80. The molecule has 0 saturated carbocycles. The second-order valence-electron chi connectivity index (χ2n) is 5.86. The zero-order valence-electron chi connectivity index (χ0n) is 13.4. The molecule has 1 N–H and O–H groups in total. The number of hydrogen-bond acceptors (Lipinski definition) is 5. The van der Waals surface area contributed by atoms with Crippen LogP contribution in [0, 0.1) is 0 Å². The van der Waals surface area contributed by atoms with Crippen molar-refractivity contribution in [3.8, 4) is 11.5 Å². The van der Waals surface area contributed by atoms with Crippen LogP contribution in [0.4, 0.5) is 0 Å². The molecule has 2 aromatic rings. The number of carbonyl (C=O) groups is 1. The fraction of sp³-hybridized carbons (Fsp3) is 0.412. The minimum absolute atomic E-state index is 0.189. The summed E-state index contributed by atoms with van der Waals surface area (Å²) in [5, 5.41) is 5.94. The van der Waals surface area contributed by atoms with Crippen molar-refractivity contribution in [2.24, 2.45) is 0 Å². The summed E-state index contributed by atoms with van der Waals surface area (Å²) < 4.78 is 11.5. The fourth-order valence-electron chi connectivity index (χ4n) is 2.35. The van der Waals surface area contributed by atoms with Crippen LogP contribution in [0.15, 0.2) is 29.6 Å². The van der Waals surface area contributed by atoms with Crippen molar-refractivity contribution in [2.45, 2.75) is 45.4 Å². The Kier molecular flexibility index (Phi) is 4.52. The van der Waals surface area contributed by atoms with Crippen LogP contribution in [-0.2, 0) is 11.3 Å². The van der Waals surface area contributed by atoms with Crippen molar-refractivity contribution in [3.05, 3.63) is 40.3 Å². The van der Waals surface area contributed by atoms with Gasteiger partial charge in [0.05, 0.1) is 17.2 Å². The Balaban J connectivity index is 1.62. The number of para-hydroxylation sites is 2. The van der Waals surface area contributed by atoms with E-state index in [0.29, 0.717) is 24.0 Å². The summed E-state index contributed by atoms with van der Waals surface area (Å²) in [6.07, 6.45) is -1.00. The van der Waals surface area contributed by atoms with E-state index >= 15 is 0 Å². The molecule has 0 bridgehead atoms. The second-order valence-corrected chi connectivity index (χ2v) is 6.75. The van der Waals surface area contributed by atoms with Gasteiger partial charge in [-0.1, -0.05) is 26.0 Å². The number of aromatic nitrogens is 1. The Labute approximate surface area is 139 Å². The molecule has 0 fully saturated rings. The molecular weight excluding hydrogens is 312 g/mol. The lowest BCUT2D eigenvalue weighted by atomic mass is 10.1. The van der Waals surface area contributed by atoms with Crippen LogP contribution in [-0.4, -0.2) is 23.1 Å². The molecule has 0 radical (unpaired) electrons. The lowest BCUT2D eigenvalue weighted by Crippen LogP contribution is -2.48. The van der Waals surface area contributed by atoms with E-state index in [0.717, 1.165) is 10.7 Å². The second kappa shape index (κ2) is 6.58. The largest absolute Gasteiger partial charge is 0.482 e. The quantitative estimate of drug-likeness (QED) is 0.934. The average molecular weight is 332 g/mol. The summed E-state index contributed by atoms with van der Waals surface area (Å²) in [6, 6.07) is 7.37. The summed E-state index contributed by atoms with van der Waals surface area (Å²) >= 11 is 1.62. The van der Waals surface area contributed by atoms with E-state index in [1.54, 1.807) is 17.4 Å². The number of nitrogens with zero attached hydrogens (tertiary/aromatic N) is 1. The number of ether oxygens (including phenoxy) is 2. The summed E-state index contributed by atoms with van der Waals surface area (Å²) in [5.74, 6) is 1.48. The van der Waals surface area contributed by atoms with Crippen LogP contribution in [0.3, 0.4) is 0 Å². The summed E-state index contributed by atoms with van der Waals surface area (Å²) in [4.78, 5) is 16.9. The van der Waals surface area contributed by atoms with Crippen molar-refractivity contribution in [2.75, 3.05) is 0 Å². The molecule has 3 rings (SSSR count). The van der Waals surface area contributed by atoms with Crippen LogP contribution in [0.2, 0.25) is 0 Å². The highest BCUT2D eigenvalue weighted by Crippen LogP contribution is 2.33. The number of thiazole rings is 1. The monoisotopic (exact) mass is 332 g/mol. The number of rotatable bonds is 4. The molecule has 0 spiro atoms. The average Bonchev–Trinajstić information content (AvgIpc) is 3.01. The van der Waals surface area contributed by atoms with E-state index in [-0.39, 0.29) is 12.0 Å². The first-order valence-corrected chi connectivity index (χ1v) is 8.57. The molecule has 0 unspecified atom stereocenters.